The molecule has 1 unspecified atom stereocenters. The van der Waals surface area contributed by atoms with Crippen molar-refractivity contribution in [1.29, 1.82) is 0 Å². The van der Waals surface area contributed by atoms with Gasteiger partial charge in [0.05, 0.1) is 23.2 Å². The summed E-state index contributed by atoms with van der Waals surface area (Å²) in [7, 11) is 0. The number of benzene rings is 5. The number of fused-ring (bicyclic) bond motifs is 5. The van der Waals surface area contributed by atoms with Crippen molar-refractivity contribution in [3.63, 3.8) is 0 Å². The Morgan fingerprint density at radius 3 is 1.48 bits per heavy atom. The number of aryl methyl sites for hydroxylation is 1. The fourth-order valence-corrected chi connectivity index (χ4v) is 9.68. The second-order valence-corrected chi connectivity index (χ2v) is 17.6. The normalized spacial score (nSPS) is 20.2. The van der Waals surface area contributed by atoms with Crippen molar-refractivity contribution in [2.75, 3.05) is 0 Å². The molecule has 3 aliphatic rings. The van der Waals surface area contributed by atoms with Crippen molar-refractivity contribution in [3.8, 4) is 80.5 Å². The molecule has 0 fully saturated rings. The van der Waals surface area contributed by atoms with Gasteiger partial charge in [0, 0.05) is 100.0 Å². The number of phenolic OH excluding ortho intramolecular Hbond substituents is 9. The summed E-state index contributed by atoms with van der Waals surface area (Å²) in [5.74, 6) is -8.37. The Morgan fingerprint density at radius 1 is 0.493 bits per heavy atom. The van der Waals surface area contributed by atoms with Gasteiger partial charge < -0.3 is 85.3 Å². The summed E-state index contributed by atoms with van der Waals surface area (Å²) in [6.07, 6.45) is -9.96. The standard InChI is InChI=1S/C51H40O20/c1-17-30(55)12-25(49-37(62)14-27-31(56)6-20(52)9-39(27)69-49)23-3-19(5-35(60)45(64)43(17)23)51(67)71-42-16-29-33(58)8-22(54)11-41(29)68-48(42)18-2-24-26(13-36(61)47(66)44(24)46(65)34(59)4-18)50-38(63)15-28-32(57)7-21(53)10-40(28)70-50/h2-13,37-38,42,48-50,52-58,61-63,66H,14-16H2,1H3,(H,59,65)(H,60,64)/t37-,38-,42-,48-,49-,50?/m1/s1. The van der Waals surface area contributed by atoms with E-state index in [0.29, 0.717) is 0 Å². The number of ether oxygens (including phenoxy) is 4. The van der Waals surface area contributed by atoms with E-state index in [0.717, 1.165) is 54.6 Å². The Hall–Kier alpha value is -9.01. The number of carbonyl (C=O) groups excluding carboxylic acids is 1. The van der Waals surface area contributed by atoms with Crippen LogP contribution in [0.3, 0.4) is 0 Å². The van der Waals surface area contributed by atoms with Crippen molar-refractivity contribution < 1.29 is 90.1 Å². The fraction of sp³-hybridized carbons (Fsp3) is 0.196. The van der Waals surface area contributed by atoms with Gasteiger partial charge in [-0.25, -0.2) is 4.79 Å². The van der Waals surface area contributed by atoms with Gasteiger partial charge in [-0.2, -0.15) is 0 Å². The summed E-state index contributed by atoms with van der Waals surface area (Å²) in [6.45, 7) is 1.37. The summed E-state index contributed by atoms with van der Waals surface area (Å²) >= 11 is 0. The van der Waals surface area contributed by atoms with Gasteiger partial charge in [0.1, 0.15) is 63.6 Å². The summed E-state index contributed by atoms with van der Waals surface area (Å²) in [5, 5.41) is 140. The van der Waals surface area contributed by atoms with Gasteiger partial charge in [-0.05, 0) is 54.1 Å². The highest BCUT2D eigenvalue weighted by molar-refractivity contribution is 5.98. The van der Waals surface area contributed by atoms with E-state index >= 15 is 0 Å². The van der Waals surface area contributed by atoms with Crippen LogP contribution >= 0.6 is 0 Å². The first-order valence-corrected chi connectivity index (χ1v) is 21.7. The van der Waals surface area contributed by atoms with Crippen LogP contribution in [0.1, 0.15) is 67.6 Å². The van der Waals surface area contributed by atoms with Crippen LogP contribution in [0, 0.1) is 6.92 Å². The van der Waals surface area contributed by atoms with E-state index in [-0.39, 0.29) is 96.7 Å². The SMILES string of the molecule is Cc1c(O)cc([C@H]2Oc3cc(O)cc(O)c3C[C@H]2O)c2cc(C(=O)O[C@@H]3Cc4c(O)cc(O)cc4O[C@@H]3c3cc(O)c(=O)c4c(O)c(O)cc(C5Oc6cc(O)cc(O)c6C[C@H]5O)c4c3)cc(O)c(=O)c12. The topological polar surface area (TPSA) is 351 Å². The minimum atomic E-state index is -1.62. The quantitative estimate of drug-likeness (QED) is 0.0816. The number of aliphatic hydroxyl groups is 2. The Kier molecular flexibility index (Phi) is 10.7. The number of esters is 1. The molecule has 71 heavy (non-hydrogen) atoms. The molecule has 20 nitrogen and oxygen atoms in total. The van der Waals surface area contributed by atoms with Crippen molar-refractivity contribution in [2.45, 2.75) is 62.8 Å². The van der Waals surface area contributed by atoms with E-state index in [1.165, 1.54) is 25.1 Å². The number of hydrogen-bond acceptors (Lipinski definition) is 20. The number of phenols is 9. The minimum absolute atomic E-state index is 0.00541. The van der Waals surface area contributed by atoms with Gasteiger partial charge in [-0.15, -0.1) is 0 Å². The van der Waals surface area contributed by atoms with Crippen molar-refractivity contribution in [1.82, 2.24) is 0 Å². The third-order valence-corrected chi connectivity index (χ3v) is 13.1. The third-order valence-electron chi connectivity index (χ3n) is 13.1. The number of hydrogen-bond donors (Lipinski definition) is 13. The lowest BCUT2D eigenvalue weighted by Gasteiger charge is -2.34. The molecule has 0 aromatic heterocycles. The lowest BCUT2D eigenvalue weighted by molar-refractivity contribution is -0.0188. The van der Waals surface area contributed by atoms with E-state index < -0.39 is 123 Å². The number of aromatic hydroxyl groups is 11. The summed E-state index contributed by atoms with van der Waals surface area (Å²) < 4.78 is 24.5. The van der Waals surface area contributed by atoms with Gasteiger partial charge in [-0.1, -0.05) is 0 Å². The first-order valence-electron chi connectivity index (χ1n) is 21.7. The maximum absolute atomic E-state index is 14.6. The van der Waals surface area contributed by atoms with Crippen LogP contribution in [-0.4, -0.2) is 90.7 Å². The molecule has 13 N–H and O–H groups in total. The van der Waals surface area contributed by atoms with Crippen LogP contribution in [0.25, 0.3) is 21.5 Å². The lowest BCUT2D eigenvalue weighted by atomic mass is 9.90. The average molecular weight is 973 g/mol. The Labute approximate surface area is 397 Å². The van der Waals surface area contributed by atoms with Crippen molar-refractivity contribution >= 4 is 27.5 Å². The van der Waals surface area contributed by atoms with Gasteiger partial charge in [0.15, 0.2) is 41.3 Å². The van der Waals surface area contributed by atoms with E-state index in [9.17, 15) is 80.8 Å². The minimum Gasteiger partial charge on any atom is -0.508 e. The molecule has 6 atom stereocenters. The molecule has 0 spiro atoms. The first kappa shape index (κ1) is 45.8. The molecule has 0 saturated heterocycles. The molecule has 0 amide bonds. The predicted molar refractivity (Wildman–Crippen MR) is 245 cm³/mol. The molecule has 10 rings (SSSR count). The van der Waals surface area contributed by atoms with Gasteiger partial charge in [-0.3, -0.25) is 9.59 Å². The summed E-state index contributed by atoms with van der Waals surface area (Å²) in [6, 6.07) is 12.7. The van der Waals surface area contributed by atoms with E-state index in [1.54, 1.807) is 0 Å². The largest absolute Gasteiger partial charge is 0.508 e. The number of aliphatic hydroxyl groups excluding tert-OH is 2. The van der Waals surface area contributed by atoms with Crippen LogP contribution in [0.5, 0.6) is 80.5 Å². The Bertz CT molecular complexity index is 3590. The zero-order valence-electron chi connectivity index (χ0n) is 36.7. The highest BCUT2D eigenvalue weighted by atomic mass is 16.6. The van der Waals surface area contributed by atoms with Gasteiger partial charge >= 0.3 is 5.97 Å². The highest BCUT2D eigenvalue weighted by Gasteiger charge is 2.40. The highest BCUT2D eigenvalue weighted by Crippen LogP contribution is 2.49. The number of carbonyl (C=O) groups is 1. The second-order valence-electron chi connectivity index (χ2n) is 17.6. The van der Waals surface area contributed by atoms with E-state index in [4.69, 9.17) is 18.9 Å². The predicted octanol–water partition coefficient (Wildman–Crippen LogP) is 4.76. The molecule has 3 heterocycles. The van der Waals surface area contributed by atoms with Crippen LogP contribution in [0.4, 0.5) is 0 Å². The van der Waals surface area contributed by atoms with Crippen LogP contribution < -0.4 is 25.1 Å². The first-order chi connectivity index (χ1) is 33.7. The molecule has 364 valence electrons. The maximum atomic E-state index is 14.6. The molecule has 0 bridgehead atoms. The monoisotopic (exact) mass is 972 g/mol. The second kappa shape index (κ2) is 16.6. The fourth-order valence-electron chi connectivity index (χ4n) is 9.68. The van der Waals surface area contributed by atoms with Crippen molar-refractivity contribution in [2.24, 2.45) is 0 Å². The zero-order valence-corrected chi connectivity index (χ0v) is 36.7. The molecule has 3 aliphatic heterocycles. The Balaban J connectivity index is 1.12. The molecule has 20 heteroatoms. The summed E-state index contributed by atoms with van der Waals surface area (Å²) in [4.78, 5) is 42.5. The van der Waals surface area contributed by atoms with Crippen LogP contribution in [0.15, 0.2) is 82.4 Å². The lowest BCUT2D eigenvalue weighted by Crippen LogP contribution is -2.34. The van der Waals surface area contributed by atoms with E-state index in [2.05, 4.69) is 0 Å². The Morgan fingerprint density at radius 2 is 0.944 bits per heavy atom. The summed E-state index contributed by atoms with van der Waals surface area (Å²) in [5.41, 5.74) is -2.97. The molecule has 7 aromatic rings. The molecular weight excluding hydrogens is 933 g/mol. The number of rotatable bonds is 5. The van der Waals surface area contributed by atoms with Crippen LogP contribution in [0.2, 0.25) is 0 Å². The molecular formula is C51H40O20. The molecule has 0 radical (unpaired) electrons. The van der Waals surface area contributed by atoms with Crippen molar-refractivity contribution in [3.05, 3.63) is 138 Å². The third kappa shape index (κ3) is 7.61. The smallest absolute Gasteiger partial charge is 0.338 e. The zero-order chi connectivity index (χ0) is 50.6. The molecule has 0 saturated carbocycles. The maximum Gasteiger partial charge on any atom is 0.338 e. The van der Waals surface area contributed by atoms with Crippen LogP contribution in [-0.2, 0) is 24.0 Å². The van der Waals surface area contributed by atoms with E-state index in [1.807, 2.05) is 0 Å². The average Bonchev–Trinajstić information content (AvgIpc) is 3.52. The molecule has 7 aromatic carbocycles. The van der Waals surface area contributed by atoms with Gasteiger partial charge in [0.2, 0.25) is 10.9 Å². The molecule has 0 aliphatic carbocycles. The van der Waals surface area contributed by atoms with Gasteiger partial charge in [0.25, 0.3) is 0 Å².